The van der Waals surface area contributed by atoms with Gasteiger partial charge in [-0.25, -0.2) is 4.68 Å². The van der Waals surface area contributed by atoms with Crippen LogP contribution in [0, 0.1) is 20.2 Å². The highest BCUT2D eigenvalue weighted by Crippen LogP contribution is 2.28. The molecule has 2 aromatic carbocycles. The highest BCUT2D eigenvalue weighted by molar-refractivity contribution is 5.65. The molecule has 114 valence electrons. The Bertz CT molecular complexity index is 888. The minimum atomic E-state index is -0.503. The average Bonchev–Trinajstić information content (AvgIpc) is 3.04. The third kappa shape index (κ3) is 2.62. The molecule has 9 heteroatoms. The van der Waals surface area contributed by atoms with Crippen molar-refractivity contribution < 1.29 is 9.85 Å². The van der Waals surface area contributed by atoms with Crippen LogP contribution in [0.1, 0.15) is 0 Å². The van der Waals surface area contributed by atoms with Gasteiger partial charge in [0.25, 0.3) is 11.4 Å². The zero-order valence-electron chi connectivity index (χ0n) is 11.6. The van der Waals surface area contributed by atoms with Crippen molar-refractivity contribution in [2.45, 2.75) is 0 Å². The van der Waals surface area contributed by atoms with Gasteiger partial charge in [0.05, 0.1) is 21.7 Å². The Labute approximate surface area is 129 Å². The van der Waals surface area contributed by atoms with Gasteiger partial charge in [0.2, 0.25) is 0 Å². The van der Waals surface area contributed by atoms with Crippen LogP contribution in [0.4, 0.5) is 11.4 Å². The second kappa shape index (κ2) is 5.64. The summed E-state index contributed by atoms with van der Waals surface area (Å²) in [5, 5.41) is 29.5. The van der Waals surface area contributed by atoms with E-state index in [1.54, 1.807) is 30.3 Å². The molecule has 0 aliphatic carbocycles. The summed E-state index contributed by atoms with van der Waals surface area (Å²) in [6.45, 7) is 0. The van der Waals surface area contributed by atoms with Crippen molar-refractivity contribution >= 4 is 11.4 Å². The summed E-state index contributed by atoms with van der Waals surface area (Å²) >= 11 is 0. The largest absolute Gasteiger partial charge is 0.294 e. The lowest BCUT2D eigenvalue weighted by molar-refractivity contribution is -0.385. The van der Waals surface area contributed by atoms with E-state index in [1.165, 1.54) is 29.1 Å². The Hall–Kier alpha value is -3.62. The number of para-hydroxylation sites is 2. The predicted octanol–water partition coefficient (Wildman–Crippen LogP) is 2.75. The van der Waals surface area contributed by atoms with Crippen LogP contribution >= 0.6 is 0 Å². The summed E-state index contributed by atoms with van der Waals surface area (Å²) < 4.78 is 1.33. The number of nitro groups is 2. The SMILES string of the molecule is O=[N+]([O-])c1ccc(-c2cnnn2-c2ccccc2[N+](=O)[O-])cc1. The number of hydrogen-bond acceptors (Lipinski definition) is 6. The van der Waals surface area contributed by atoms with Crippen LogP contribution in [-0.2, 0) is 0 Å². The number of nitro benzene ring substituents is 2. The number of nitrogens with zero attached hydrogens (tertiary/aromatic N) is 5. The normalized spacial score (nSPS) is 10.4. The molecular formula is C14H9N5O4. The van der Waals surface area contributed by atoms with E-state index in [-0.39, 0.29) is 17.1 Å². The van der Waals surface area contributed by atoms with Gasteiger partial charge in [-0.15, -0.1) is 5.10 Å². The maximum absolute atomic E-state index is 11.2. The summed E-state index contributed by atoms with van der Waals surface area (Å²) in [5.41, 5.74) is 1.22. The molecule has 0 unspecified atom stereocenters. The minimum absolute atomic E-state index is 0.0431. The lowest BCUT2D eigenvalue weighted by atomic mass is 10.1. The van der Waals surface area contributed by atoms with Crippen molar-refractivity contribution in [1.82, 2.24) is 15.0 Å². The summed E-state index contributed by atoms with van der Waals surface area (Å²) in [6.07, 6.45) is 1.44. The average molecular weight is 311 g/mol. The van der Waals surface area contributed by atoms with Crippen LogP contribution in [0.3, 0.4) is 0 Å². The molecule has 0 bridgehead atoms. The Morgan fingerprint density at radius 3 is 2.26 bits per heavy atom. The van der Waals surface area contributed by atoms with Crippen molar-refractivity contribution in [3.8, 4) is 16.9 Å². The van der Waals surface area contributed by atoms with Crippen LogP contribution < -0.4 is 0 Å². The molecule has 23 heavy (non-hydrogen) atoms. The summed E-state index contributed by atoms with van der Waals surface area (Å²) in [6, 6.07) is 11.9. The molecule has 0 aliphatic heterocycles. The van der Waals surface area contributed by atoms with E-state index < -0.39 is 9.85 Å². The van der Waals surface area contributed by atoms with Crippen molar-refractivity contribution in [2.75, 3.05) is 0 Å². The van der Waals surface area contributed by atoms with Gasteiger partial charge in [-0.1, -0.05) is 17.3 Å². The van der Waals surface area contributed by atoms with Gasteiger partial charge >= 0.3 is 0 Å². The second-order valence-corrected chi connectivity index (χ2v) is 4.58. The first-order valence-electron chi connectivity index (χ1n) is 6.47. The first-order chi connectivity index (χ1) is 11.1. The minimum Gasteiger partial charge on any atom is -0.258 e. The second-order valence-electron chi connectivity index (χ2n) is 4.58. The number of benzene rings is 2. The van der Waals surface area contributed by atoms with Gasteiger partial charge < -0.3 is 0 Å². The monoisotopic (exact) mass is 311 g/mol. The molecular weight excluding hydrogens is 302 g/mol. The molecule has 3 aromatic rings. The standard InChI is InChI=1S/C14H9N5O4/c20-18(21)11-7-5-10(6-8-11)14-9-15-16-17(14)12-3-1-2-4-13(12)19(22)23/h1-9H. The quantitative estimate of drug-likeness (QED) is 0.540. The first-order valence-corrected chi connectivity index (χ1v) is 6.47. The topological polar surface area (TPSA) is 117 Å². The maximum atomic E-state index is 11.2. The lowest BCUT2D eigenvalue weighted by Gasteiger charge is -2.06. The highest BCUT2D eigenvalue weighted by Gasteiger charge is 2.18. The van der Waals surface area contributed by atoms with Crippen molar-refractivity contribution in [1.29, 1.82) is 0 Å². The Morgan fingerprint density at radius 1 is 0.913 bits per heavy atom. The number of rotatable bonds is 4. The fraction of sp³-hybridized carbons (Fsp3) is 0. The molecule has 0 fully saturated rings. The number of non-ortho nitro benzene ring substituents is 1. The van der Waals surface area contributed by atoms with Gasteiger partial charge in [-0.2, -0.15) is 0 Å². The maximum Gasteiger partial charge on any atom is 0.294 e. The fourth-order valence-electron chi connectivity index (χ4n) is 2.16. The van der Waals surface area contributed by atoms with E-state index in [4.69, 9.17) is 0 Å². The molecule has 1 aromatic heterocycles. The van der Waals surface area contributed by atoms with Crippen molar-refractivity contribution in [3.05, 3.63) is 75.0 Å². The van der Waals surface area contributed by atoms with Gasteiger partial charge in [0, 0.05) is 23.8 Å². The Balaban J connectivity index is 2.10. The molecule has 0 atom stereocenters. The van der Waals surface area contributed by atoms with Crippen LogP contribution in [0.15, 0.2) is 54.7 Å². The molecule has 0 saturated heterocycles. The molecule has 9 nitrogen and oxygen atoms in total. The van der Waals surface area contributed by atoms with E-state index >= 15 is 0 Å². The molecule has 0 radical (unpaired) electrons. The van der Waals surface area contributed by atoms with Crippen LogP contribution in [0.5, 0.6) is 0 Å². The van der Waals surface area contributed by atoms with Crippen LogP contribution in [0.25, 0.3) is 16.9 Å². The van der Waals surface area contributed by atoms with Gasteiger partial charge in [0.1, 0.15) is 5.69 Å². The number of aromatic nitrogens is 3. The number of hydrogen-bond donors (Lipinski definition) is 0. The lowest BCUT2D eigenvalue weighted by Crippen LogP contribution is -2.03. The van der Waals surface area contributed by atoms with Crippen LogP contribution in [-0.4, -0.2) is 24.8 Å². The predicted molar refractivity (Wildman–Crippen MR) is 80.1 cm³/mol. The summed E-state index contributed by atoms with van der Waals surface area (Å²) in [7, 11) is 0. The zero-order chi connectivity index (χ0) is 16.4. The van der Waals surface area contributed by atoms with Gasteiger partial charge in [0.15, 0.2) is 0 Å². The van der Waals surface area contributed by atoms with E-state index in [0.717, 1.165) is 0 Å². The Kier molecular flexibility index (Phi) is 3.51. The smallest absolute Gasteiger partial charge is 0.258 e. The summed E-state index contributed by atoms with van der Waals surface area (Å²) in [4.78, 5) is 20.9. The van der Waals surface area contributed by atoms with Crippen LogP contribution in [0.2, 0.25) is 0 Å². The fourth-order valence-corrected chi connectivity index (χ4v) is 2.16. The molecule has 0 spiro atoms. The third-order valence-electron chi connectivity index (χ3n) is 3.23. The third-order valence-corrected chi connectivity index (χ3v) is 3.23. The van der Waals surface area contributed by atoms with E-state index in [2.05, 4.69) is 10.3 Å². The van der Waals surface area contributed by atoms with Gasteiger partial charge in [-0.05, 0) is 18.2 Å². The first kappa shape index (κ1) is 14.3. The van der Waals surface area contributed by atoms with E-state index in [1.807, 2.05) is 0 Å². The molecule has 0 saturated carbocycles. The Morgan fingerprint density at radius 2 is 1.61 bits per heavy atom. The van der Waals surface area contributed by atoms with Crippen molar-refractivity contribution in [3.63, 3.8) is 0 Å². The molecule has 0 aliphatic rings. The van der Waals surface area contributed by atoms with E-state index in [9.17, 15) is 20.2 Å². The highest BCUT2D eigenvalue weighted by atomic mass is 16.6. The zero-order valence-corrected chi connectivity index (χ0v) is 11.6. The molecule has 1 heterocycles. The molecule has 0 amide bonds. The summed E-state index contributed by atoms with van der Waals surface area (Å²) in [5.74, 6) is 0. The molecule has 0 N–H and O–H groups in total. The van der Waals surface area contributed by atoms with Crippen molar-refractivity contribution in [2.24, 2.45) is 0 Å². The van der Waals surface area contributed by atoms with Gasteiger partial charge in [-0.3, -0.25) is 20.2 Å². The molecule has 3 rings (SSSR count). The van der Waals surface area contributed by atoms with E-state index in [0.29, 0.717) is 11.3 Å².